The minimum absolute atomic E-state index is 0.0321. The number of pyridine rings is 1. The topological polar surface area (TPSA) is 80.9 Å². The van der Waals surface area contributed by atoms with Crippen LogP contribution >= 0.6 is 0 Å². The standard InChI is InChI=1S/C13H16N4O2/c1-9(2)7-11-12(13(18)19)15-16-17(11)8-10-5-3-4-6-14-10/h3-6,9H,7-8H2,1-2H3,(H,18,19). The average molecular weight is 260 g/mol. The number of aromatic carboxylic acids is 1. The Morgan fingerprint density at radius 2 is 2.21 bits per heavy atom. The summed E-state index contributed by atoms with van der Waals surface area (Å²) in [7, 11) is 0. The summed E-state index contributed by atoms with van der Waals surface area (Å²) < 4.78 is 1.62. The minimum atomic E-state index is -1.04. The van der Waals surface area contributed by atoms with Crippen molar-refractivity contribution in [3.05, 3.63) is 41.5 Å². The van der Waals surface area contributed by atoms with Gasteiger partial charge in [0.15, 0.2) is 5.69 Å². The van der Waals surface area contributed by atoms with E-state index >= 15 is 0 Å². The van der Waals surface area contributed by atoms with E-state index in [9.17, 15) is 4.79 Å². The van der Waals surface area contributed by atoms with E-state index < -0.39 is 5.97 Å². The Balaban J connectivity index is 2.32. The Morgan fingerprint density at radius 3 is 2.79 bits per heavy atom. The van der Waals surface area contributed by atoms with Crippen LogP contribution in [-0.4, -0.2) is 31.1 Å². The number of hydrogen-bond donors (Lipinski definition) is 1. The van der Waals surface area contributed by atoms with E-state index in [-0.39, 0.29) is 5.69 Å². The van der Waals surface area contributed by atoms with Crippen LogP contribution in [0.25, 0.3) is 0 Å². The molecule has 0 aliphatic heterocycles. The molecule has 100 valence electrons. The van der Waals surface area contributed by atoms with E-state index in [4.69, 9.17) is 5.11 Å². The van der Waals surface area contributed by atoms with E-state index in [0.29, 0.717) is 24.6 Å². The lowest BCUT2D eigenvalue weighted by atomic mass is 10.1. The number of carboxylic acids is 1. The third-order valence-corrected chi connectivity index (χ3v) is 2.68. The molecule has 0 radical (unpaired) electrons. The van der Waals surface area contributed by atoms with Crippen molar-refractivity contribution in [2.45, 2.75) is 26.8 Å². The maximum Gasteiger partial charge on any atom is 0.358 e. The van der Waals surface area contributed by atoms with Crippen molar-refractivity contribution in [1.29, 1.82) is 0 Å². The number of rotatable bonds is 5. The Morgan fingerprint density at radius 1 is 1.42 bits per heavy atom. The van der Waals surface area contributed by atoms with E-state index in [1.807, 2.05) is 32.0 Å². The molecule has 0 bridgehead atoms. The van der Waals surface area contributed by atoms with Crippen molar-refractivity contribution in [1.82, 2.24) is 20.0 Å². The molecule has 19 heavy (non-hydrogen) atoms. The Hall–Kier alpha value is -2.24. The summed E-state index contributed by atoms with van der Waals surface area (Å²) in [5.74, 6) is -0.706. The van der Waals surface area contributed by atoms with Crippen molar-refractivity contribution in [3.8, 4) is 0 Å². The minimum Gasteiger partial charge on any atom is -0.476 e. The smallest absolute Gasteiger partial charge is 0.358 e. The first-order valence-corrected chi connectivity index (χ1v) is 6.13. The molecule has 0 aromatic carbocycles. The number of carboxylic acid groups (broad SMARTS) is 1. The summed E-state index contributed by atoms with van der Waals surface area (Å²) in [6.45, 7) is 4.50. The van der Waals surface area contributed by atoms with Crippen molar-refractivity contribution in [2.75, 3.05) is 0 Å². The molecule has 6 heteroatoms. The van der Waals surface area contributed by atoms with Crippen LogP contribution in [0.5, 0.6) is 0 Å². The van der Waals surface area contributed by atoms with Gasteiger partial charge in [0, 0.05) is 6.20 Å². The van der Waals surface area contributed by atoms with Crippen LogP contribution in [0.1, 0.15) is 35.7 Å². The predicted molar refractivity (Wildman–Crippen MR) is 68.9 cm³/mol. The highest BCUT2D eigenvalue weighted by atomic mass is 16.4. The lowest BCUT2D eigenvalue weighted by Crippen LogP contribution is -2.12. The molecule has 0 unspecified atom stereocenters. The van der Waals surface area contributed by atoms with Crippen molar-refractivity contribution < 1.29 is 9.90 Å². The zero-order valence-electron chi connectivity index (χ0n) is 10.9. The van der Waals surface area contributed by atoms with Gasteiger partial charge in [0.05, 0.1) is 17.9 Å². The van der Waals surface area contributed by atoms with E-state index in [2.05, 4.69) is 15.3 Å². The molecule has 6 nitrogen and oxygen atoms in total. The summed E-state index contributed by atoms with van der Waals surface area (Å²) in [5, 5.41) is 16.8. The third kappa shape index (κ3) is 3.15. The molecule has 0 aliphatic rings. The van der Waals surface area contributed by atoms with E-state index in [0.717, 1.165) is 5.69 Å². The van der Waals surface area contributed by atoms with Crippen molar-refractivity contribution in [2.24, 2.45) is 5.92 Å². The zero-order chi connectivity index (χ0) is 13.8. The monoisotopic (exact) mass is 260 g/mol. The molecule has 0 aliphatic carbocycles. The summed E-state index contributed by atoms with van der Waals surface area (Å²) in [6.07, 6.45) is 2.33. The van der Waals surface area contributed by atoms with Crippen LogP contribution < -0.4 is 0 Å². The largest absolute Gasteiger partial charge is 0.476 e. The normalized spacial score (nSPS) is 10.9. The molecule has 0 fully saturated rings. The van der Waals surface area contributed by atoms with Gasteiger partial charge in [-0.3, -0.25) is 4.98 Å². The highest BCUT2D eigenvalue weighted by Crippen LogP contribution is 2.13. The fraction of sp³-hybridized carbons (Fsp3) is 0.385. The van der Waals surface area contributed by atoms with Crippen LogP contribution in [0.4, 0.5) is 0 Å². The second-order valence-corrected chi connectivity index (χ2v) is 4.77. The van der Waals surface area contributed by atoms with Crippen molar-refractivity contribution >= 4 is 5.97 Å². The molecule has 0 spiro atoms. The van der Waals surface area contributed by atoms with Crippen LogP contribution in [0.15, 0.2) is 24.4 Å². The maximum absolute atomic E-state index is 11.1. The van der Waals surface area contributed by atoms with Gasteiger partial charge in [-0.1, -0.05) is 25.1 Å². The van der Waals surface area contributed by atoms with Gasteiger partial charge in [0.25, 0.3) is 0 Å². The Labute approximate surface area is 111 Å². The molecule has 0 atom stereocenters. The second-order valence-electron chi connectivity index (χ2n) is 4.77. The lowest BCUT2D eigenvalue weighted by Gasteiger charge is -2.08. The number of hydrogen-bond acceptors (Lipinski definition) is 4. The molecule has 2 heterocycles. The third-order valence-electron chi connectivity index (χ3n) is 2.68. The predicted octanol–water partition coefficient (Wildman–Crippen LogP) is 1.62. The van der Waals surface area contributed by atoms with Gasteiger partial charge >= 0.3 is 5.97 Å². The number of carbonyl (C=O) groups is 1. The zero-order valence-corrected chi connectivity index (χ0v) is 10.9. The first kappa shape index (κ1) is 13.2. The summed E-state index contributed by atoms with van der Waals surface area (Å²) >= 11 is 0. The fourth-order valence-electron chi connectivity index (χ4n) is 1.86. The summed E-state index contributed by atoms with van der Waals surface area (Å²) in [5.41, 5.74) is 1.51. The maximum atomic E-state index is 11.1. The quantitative estimate of drug-likeness (QED) is 0.883. The molecule has 0 amide bonds. The van der Waals surface area contributed by atoms with Gasteiger partial charge in [-0.2, -0.15) is 0 Å². The second kappa shape index (κ2) is 5.60. The average Bonchev–Trinajstić information content (AvgIpc) is 2.73. The van der Waals surface area contributed by atoms with E-state index in [1.54, 1.807) is 10.9 Å². The van der Waals surface area contributed by atoms with Crippen molar-refractivity contribution in [3.63, 3.8) is 0 Å². The molecule has 2 aromatic rings. The van der Waals surface area contributed by atoms with Crippen LogP contribution in [0, 0.1) is 5.92 Å². The van der Waals surface area contributed by atoms with Gasteiger partial charge in [-0.15, -0.1) is 5.10 Å². The Kier molecular flexibility index (Phi) is 3.89. The summed E-state index contributed by atoms with van der Waals surface area (Å²) in [6, 6.07) is 5.60. The molecular weight excluding hydrogens is 244 g/mol. The van der Waals surface area contributed by atoms with Gasteiger partial charge in [0.1, 0.15) is 0 Å². The molecule has 1 N–H and O–H groups in total. The summed E-state index contributed by atoms with van der Waals surface area (Å²) in [4.78, 5) is 15.3. The van der Waals surface area contributed by atoms with Gasteiger partial charge in [-0.05, 0) is 24.5 Å². The van der Waals surface area contributed by atoms with Crippen LogP contribution in [0.2, 0.25) is 0 Å². The molecule has 2 rings (SSSR count). The highest BCUT2D eigenvalue weighted by Gasteiger charge is 2.19. The van der Waals surface area contributed by atoms with Gasteiger partial charge in [-0.25, -0.2) is 9.48 Å². The number of nitrogens with zero attached hydrogens (tertiary/aromatic N) is 4. The van der Waals surface area contributed by atoms with Gasteiger partial charge in [0.2, 0.25) is 0 Å². The van der Waals surface area contributed by atoms with Gasteiger partial charge < -0.3 is 5.11 Å². The van der Waals surface area contributed by atoms with Crippen LogP contribution in [0.3, 0.4) is 0 Å². The first-order valence-electron chi connectivity index (χ1n) is 6.13. The first-order chi connectivity index (χ1) is 9.08. The fourth-order valence-corrected chi connectivity index (χ4v) is 1.86. The van der Waals surface area contributed by atoms with E-state index in [1.165, 1.54) is 0 Å². The SMILES string of the molecule is CC(C)Cc1c(C(=O)O)nnn1Cc1ccccn1. The molecule has 0 saturated heterocycles. The molecule has 2 aromatic heterocycles. The lowest BCUT2D eigenvalue weighted by molar-refractivity contribution is 0.0689. The number of aromatic nitrogens is 4. The molecular formula is C13H16N4O2. The van der Waals surface area contributed by atoms with Crippen LogP contribution in [-0.2, 0) is 13.0 Å². The highest BCUT2D eigenvalue weighted by molar-refractivity contribution is 5.86. The molecule has 0 saturated carbocycles. The Bertz CT molecular complexity index is 563.